The topological polar surface area (TPSA) is 69.2 Å². The molecule has 3 heterocycles. The van der Waals surface area contributed by atoms with Crippen LogP contribution in [0, 0.1) is 5.92 Å². The quantitative estimate of drug-likeness (QED) is 0.739. The van der Waals surface area contributed by atoms with Crippen LogP contribution in [0.4, 0.5) is 0 Å². The van der Waals surface area contributed by atoms with Crippen molar-refractivity contribution >= 4 is 16.8 Å². The van der Waals surface area contributed by atoms with Crippen LogP contribution in [-0.4, -0.2) is 45.1 Å². The smallest absolute Gasteiger partial charge is 0.256 e. The number of aliphatic hydroxyl groups excluding tert-OH is 1. The van der Waals surface area contributed by atoms with Gasteiger partial charge in [-0.3, -0.25) is 9.78 Å². The van der Waals surface area contributed by atoms with Crippen LogP contribution in [0.3, 0.4) is 0 Å². The van der Waals surface area contributed by atoms with E-state index in [1.807, 2.05) is 30.3 Å². The molecular weight excluding hydrogens is 350 g/mol. The Labute approximate surface area is 164 Å². The number of aromatic amines is 1. The summed E-state index contributed by atoms with van der Waals surface area (Å²) in [7, 11) is 0. The maximum Gasteiger partial charge on any atom is 0.256 e. The summed E-state index contributed by atoms with van der Waals surface area (Å²) in [5, 5.41) is 11.7. The third-order valence-corrected chi connectivity index (χ3v) is 6.25. The molecule has 0 spiro atoms. The summed E-state index contributed by atoms with van der Waals surface area (Å²) >= 11 is 0. The van der Waals surface area contributed by atoms with Crippen LogP contribution in [0.25, 0.3) is 10.9 Å². The molecule has 5 heteroatoms. The fourth-order valence-corrected chi connectivity index (χ4v) is 4.79. The molecule has 1 aliphatic heterocycles. The van der Waals surface area contributed by atoms with Crippen LogP contribution >= 0.6 is 0 Å². The number of H-pyrrole nitrogens is 1. The number of aryl methyl sites for hydroxylation is 2. The van der Waals surface area contributed by atoms with Gasteiger partial charge in [-0.25, -0.2) is 0 Å². The van der Waals surface area contributed by atoms with E-state index in [-0.39, 0.29) is 11.8 Å². The highest BCUT2D eigenvalue weighted by molar-refractivity contribution is 6.07. The van der Waals surface area contributed by atoms with Gasteiger partial charge in [0.1, 0.15) is 0 Å². The lowest BCUT2D eigenvalue weighted by Gasteiger charge is -2.17. The maximum atomic E-state index is 13.3. The minimum atomic E-state index is -0.512. The first kappa shape index (κ1) is 17.4. The minimum absolute atomic E-state index is 0.00627. The number of likely N-dealkylation sites (tertiary alicyclic amines) is 1. The molecule has 5 nitrogen and oxygen atoms in total. The van der Waals surface area contributed by atoms with Gasteiger partial charge >= 0.3 is 0 Å². The van der Waals surface area contributed by atoms with Crippen molar-refractivity contribution in [1.82, 2.24) is 14.9 Å². The van der Waals surface area contributed by atoms with Crippen LogP contribution in [0.15, 0.2) is 42.6 Å². The van der Waals surface area contributed by atoms with Gasteiger partial charge in [0.2, 0.25) is 0 Å². The fraction of sp³-hybridized carbons (Fsp3) is 0.391. The van der Waals surface area contributed by atoms with Gasteiger partial charge in [-0.2, -0.15) is 0 Å². The number of amides is 1. The zero-order valence-corrected chi connectivity index (χ0v) is 15.9. The molecule has 1 aromatic carbocycles. The number of β-amino-alcohol motifs (C(OH)–C–C–N with tert-alkyl or cyclic N) is 1. The Balaban J connectivity index is 1.40. The normalized spacial score (nSPS) is 21.8. The second kappa shape index (κ2) is 7.06. The van der Waals surface area contributed by atoms with Crippen molar-refractivity contribution in [2.24, 2.45) is 5.92 Å². The van der Waals surface area contributed by atoms with Crippen molar-refractivity contribution < 1.29 is 9.90 Å². The number of carbonyl (C=O) groups is 1. The van der Waals surface area contributed by atoms with Gasteiger partial charge < -0.3 is 15.0 Å². The lowest BCUT2D eigenvalue weighted by molar-refractivity contribution is 0.0766. The van der Waals surface area contributed by atoms with Gasteiger partial charge in [0.15, 0.2) is 0 Å². The Bertz CT molecular complexity index is 1010. The molecule has 1 fully saturated rings. The van der Waals surface area contributed by atoms with E-state index in [4.69, 9.17) is 0 Å². The summed E-state index contributed by atoms with van der Waals surface area (Å²) in [5.41, 5.74) is 5.31. The van der Waals surface area contributed by atoms with Gasteiger partial charge in [-0.15, -0.1) is 0 Å². The highest BCUT2D eigenvalue weighted by atomic mass is 16.3. The van der Waals surface area contributed by atoms with E-state index in [0.29, 0.717) is 19.5 Å². The number of carbonyl (C=O) groups excluding carboxylic acids is 1. The number of hydrogen-bond acceptors (Lipinski definition) is 3. The SMILES string of the molecule is O=C(c1cccc2c3c([nH]c12)CCCC3)N1CC(O)C(Cc2ccccn2)C1. The first-order valence-corrected chi connectivity index (χ1v) is 10.2. The number of para-hydroxylation sites is 1. The largest absolute Gasteiger partial charge is 0.391 e. The average molecular weight is 375 g/mol. The molecule has 2 N–H and O–H groups in total. The summed E-state index contributed by atoms with van der Waals surface area (Å²) in [5.74, 6) is 0.0293. The molecule has 1 aliphatic carbocycles. The molecule has 2 aliphatic rings. The number of nitrogens with one attached hydrogen (secondary N) is 1. The number of aliphatic hydroxyl groups is 1. The standard InChI is InChI=1S/C23H25N3O2/c27-21-14-26(13-15(21)12-16-6-3-4-11-24-16)23(28)19-9-5-8-18-17-7-1-2-10-20(17)25-22(18)19/h3-6,8-9,11,15,21,25,27H,1-2,7,10,12-14H2. The monoisotopic (exact) mass is 375 g/mol. The Morgan fingerprint density at radius 2 is 2.04 bits per heavy atom. The number of hydrogen-bond donors (Lipinski definition) is 2. The molecule has 28 heavy (non-hydrogen) atoms. The van der Waals surface area contributed by atoms with Crippen LogP contribution in [-0.2, 0) is 19.3 Å². The zero-order valence-electron chi connectivity index (χ0n) is 15.9. The van der Waals surface area contributed by atoms with E-state index in [1.165, 1.54) is 29.5 Å². The van der Waals surface area contributed by atoms with Crippen molar-refractivity contribution in [1.29, 1.82) is 0 Å². The predicted molar refractivity (Wildman–Crippen MR) is 108 cm³/mol. The molecular formula is C23H25N3O2. The van der Waals surface area contributed by atoms with Gasteiger partial charge in [0.05, 0.1) is 17.2 Å². The highest BCUT2D eigenvalue weighted by Gasteiger charge is 2.35. The summed E-state index contributed by atoms with van der Waals surface area (Å²) in [6.45, 7) is 0.945. The fourth-order valence-electron chi connectivity index (χ4n) is 4.79. The number of fused-ring (bicyclic) bond motifs is 3. The van der Waals surface area contributed by atoms with Crippen LogP contribution < -0.4 is 0 Å². The summed E-state index contributed by atoms with van der Waals surface area (Å²) < 4.78 is 0. The third-order valence-electron chi connectivity index (χ3n) is 6.25. The number of aromatic nitrogens is 2. The molecule has 3 aromatic rings. The van der Waals surface area contributed by atoms with Crippen molar-refractivity contribution in [3.05, 3.63) is 65.1 Å². The van der Waals surface area contributed by atoms with E-state index in [0.717, 1.165) is 29.6 Å². The minimum Gasteiger partial charge on any atom is -0.391 e. The van der Waals surface area contributed by atoms with Gasteiger partial charge in [-0.05, 0) is 55.9 Å². The van der Waals surface area contributed by atoms with Crippen LogP contribution in [0.2, 0.25) is 0 Å². The Kier molecular flexibility index (Phi) is 4.40. The van der Waals surface area contributed by atoms with E-state index in [9.17, 15) is 9.90 Å². The van der Waals surface area contributed by atoms with Crippen LogP contribution in [0.1, 0.15) is 40.2 Å². The number of nitrogens with zero attached hydrogens (tertiary/aromatic N) is 2. The second-order valence-corrected chi connectivity index (χ2v) is 8.08. The molecule has 2 aromatic heterocycles. The number of rotatable bonds is 3. The molecule has 2 unspecified atom stereocenters. The molecule has 1 amide bonds. The van der Waals surface area contributed by atoms with Crippen LogP contribution in [0.5, 0.6) is 0 Å². The van der Waals surface area contributed by atoms with Crippen molar-refractivity contribution in [3.63, 3.8) is 0 Å². The summed E-state index contributed by atoms with van der Waals surface area (Å²) in [6, 6.07) is 11.8. The molecule has 144 valence electrons. The average Bonchev–Trinajstić information content (AvgIpc) is 3.29. The first-order valence-electron chi connectivity index (χ1n) is 10.2. The van der Waals surface area contributed by atoms with E-state index in [1.54, 1.807) is 11.1 Å². The first-order chi connectivity index (χ1) is 13.7. The summed E-state index contributed by atoms with van der Waals surface area (Å²) in [4.78, 5) is 23.0. The molecule has 1 saturated heterocycles. The van der Waals surface area contributed by atoms with Gasteiger partial charge in [0.25, 0.3) is 5.91 Å². The van der Waals surface area contributed by atoms with E-state index in [2.05, 4.69) is 16.0 Å². The second-order valence-electron chi connectivity index (χ2n) is 8.08. The molecule has 2 atom stereocenters. The lowest BCUT2D eigenvalue weighted by Crippen LogP contribution is -2.29. The Morgan fingerprint density at radius 3 is 2.89 bits per heavy atom. The molecule has 5 rings (SSSR count). The van der Waals surface area contributed by atoms with Crippen molar-refractivity contribution in [3.8, 4) is 0 Å². The maximum absolute atomic E-state index is 13.3. The summed E-state index contributed by atoms with van der Waals surface area (Å²) in [6.07, 6.45) is 6.51. The molecule has 0 bridgehead atoms. The predicted octanol–water partition coefficient (Wildman–Crippen LogP) is 3.12. The van der Waals surface area contributed by atoms with Gasteiger partial charge in [-0.1, -0.05) is 18.2 Å². The highest BCUT2D eigenvalue weighted by Crippen LogP contribution is 2.32. The number of benzene rings is 1. The van der Waals surface area contributed by atoms with E-state index >= 15 is 0 Å². The zero-order chi connectivity index (χ0) is 19.1. The Hall–Kier alpha value is -2.66. The van der Waals surface area contributed by atoms with Gasteiger partial charge in [0, 0.05) is 42.0 Å². The number of pyridine rings is 1. The Morgan fingerprint density at radius 1 is 1.14 bits per heavy atom. The molecule has 0 saturated carbocycles. The lowest BCUT2D eigenvalue weighted by atomic mass is 9.95. The van der Waals surface area contributed by atoms with Crippen molar-refractivity contribution in [2.75, 3.05) is 13.1 Å². The molecule has 0 radical (unpaired) electrons. The third kappa shape index (κ3) is 3.00. The van der Waals surface area contributed by atoms with Crippen molar-refractivity contribution in [2.45, 2.75) is 38.2 Å². The van der Waals surface area contributed by atoms with E-state index < -0.39 is 6.10 Å².